The molecule has 0 aliphatic carbocycles. The molecular weight excluding hydrogens is 326 g/mol. The van der Waals surface area contributed by atoms with Gasteiger partial charge in [-0.05, 0) is 32.4 Å². The van der Waals surface area contributed by atoms with Crippen LogP contribution in [0.5, 0.6) is 0 Å². The minimum atomic E-state index is -1.45. The van der Waals surface area contributed by atoms with Crippen LogP contribution in [-0.4, -0.2) is 22.6 Å². The van der Waals surface area contributed by atoms with Crippen molar-refractivity contribution in [2.24, 2.45) is 11.7 Å². The van der Waals surface area contributed by atoms with E-state index in [0.717, 1.165) is 0 Å². The third kappa shape index (κ3) is 4.31. The first-order chi connectivity index (χ1) is 9.13. The summed E-state index contributed by atoms with van der Waals surface area (Å²) in [7, 11) is 0. The summed E-state index contributed by atoms with van der Waals surface area (Å²) >= 11 is 3.30. The fourth-order valence-electron chi connectivity index (χ4n) is 1.69. The van der Waals surface area contributed by atoms with Crippen molar-refractivity contribution in [3.05, 3.63) is 34.3 Å². The number of esters is 1. The number of hydrogen-bond acceptors (Lipinski definition) is 4. The van der Waals surface area contributed by atoms with Crippen LogP contribution in [-0.2, 0) is 14.3 Å². The quantitative estimate of drug-likeness (QED) is 0.647. The number of carbonyl (C=O) groups excluding carboxylic acids is 1. The lowest BCUT2D eigenvalue weighted by atomic mass is 9.93. The van der Waals surface area contributed by atoms with E-state index in [1.165, 1.54) is 0 Å². The molecule has 1 aromatic carbocycles. The molecule has 0 aromatic heterocycles. The Balaban J connectivity index is 3.06. The number of carboxylic acid groups (broad SMARTS) is 1. The molecule has 0 radical (unpaired) electrons. The second-order valence-electron chi connectivity index (χ2n) is 5.40. The van der Waals surface area contributed by atoms with Crippen LogP contribution in [0, 0.1) is 5.92 Å². The van der Waals surface area contributed by atoms with E-state index in [0.29, 0.717) is 10.0 Å². The van der Waals surface area contributed by atoms with Gasteiger partial charge in [0.1, 0.15) is 5.60 Å². The molecule has 0 aliphatic heterocycles. The minimum absolute atomic E-state index is 0.547. The van der Waals surface area contributed by atoms with Gasteiger partial charge in [0.2, 0.25) is 0 Å². The van der Waals surface area contributed by atoms with E-state index in [2.05, 4.69) is 15.9 Å². The van der Waals surface area contributed by atoms with Gasteiger partial charge in [0.05, 0.1) is 6.04 Å². The topological polar surface area (TPSA) is 89.6 Å². The highest BCUT2D eigenvalue weighted by Gasteiger charge is 2.37. The Kier molecular flexibility index (Phi) is 5.30. The van der Waals surface area contributed by atoms with E-state index in [1.807, 2.05) is 0 Å². The molecule has 3 N–H and O–H groups in total. The molecule has 0 spiro atoms. The predicted octanol–water partition coefficient (Wildman–Crippen LogP) is 2.49. The number of aliphatic carboxylic acids is 1. The summed E-state index contributed by atoms with van der Waals surface area (Å²) in [4.78, 5) is 23.4. The van der Waals surface area contributed by atoms with Gasteiger partial charge in [0.15, 0.2) is 5.92 Å². The van der Waals surface area contributed by atoms with Crippen LogP contribution >= 0.6 is 15.9 Å². The molecule has 5 nitrogen and oxygen atoms in total. The SMILES string of the molecule is CC(C)(C)OC(=O)[C@H](C(=O)O)C(N)c1ccccc1Br. The summed E-state index contributed by atoms with van der Waals surface area (Å²) in [6.07, 6.45) is 0. The van der Waals surface area contributed by atoms with Crippen molar-refractivity contribution < 1.29 is 19.4 Å². The third-order valence-electron chi connectivity index (χ3n) is 2.55. The van der Waals surface area contributed by atoms with Gasteiger partial charge in [0.25, 0.3) is 0 Å². The number of nitrogens with two attached hydrogens (primary N) is 1. The average molecular weight is 344 g/mol. The number of ether oxygens (including phenoxy) is 1. The fourth-order valence-corrected chi connectivity index (χ4v) is 2.24. The highest BCUT2D eigenvalue weighted by Crippen LogP contribution is 2.28. The molecule has 0 saturated heterocycles. The van der Waals surface area contributed by atoms with E-state index in [9.17, 15) is 14.7 Å². The average Bonchev–Trinajstić information content (AvgIpc) is 2.26. The second kappa shape index (κ2) is 6.37. The summed E-state index contributed by atoms with van der Waals surface area (Å²) in [5.41, 5.74) is 5.73. The lowest BCUT2D eigenvalue weighted by Crippen LogP contribution is -2.39. The minimum Gasteiger partial charge on any atom is -0.481 e. The van der Waals surface area contributed by atoms with E-state index >= 15 is 0 Å². The van der Waals surface area contributed by atoms with Gasteiger partial charge in [-0.3, -0.25) is 9.59 Å². The Hall–Kier alpha value is -1.40. The number of hydrogen-bond donors (Lipinski definition) is 2. The molecule has 0 amide bonds. The van der Waals surface area contributed by atoms with Gasteiger partial charge >= 0.3 is 11.9 Å². The summed E-state index contributed by atoms with van der Waals surface area (Å²) < 4.78 is 5.78. The number of benzene rings is 1. The van der Waals surface area contributed by atoms with Crippen molar-refractivity contribution in [2.45, 2.75) is 32.4 Å². The molecule has 1 aromatic rings. The van der Waals surface area contributed by atoms with Gasteiger partial charge < -0.3 is 15.6 Å². The number of carbonyl (C=O) groups is 2. The molecule has 6 heteroatoms. The van der Waals surface area contributed by atoms with Gasteiger partial charge in [0, 0.05) is 4.47 Å². The fraction of sp³-hybridized carbons (Fsp3) is 0.429. The zero-order valence-electron chi connectivity index (χ0n) is 11.6. The van der Waals surface area contributed by atoms with Crippen LogP contribution in [0.2, 0.25) is 0 Å². The van der Waals surface area contributed by atoms with Crippen molar-refractivity contribution in [3.63, 3.8) is 0 Å². The van der Waals surface area contributed by atoms with Gasteiger partial charge in [-0.15, -0.1) is 0 Å². The first kappa shape index (κ1) is 16.7. The molecule has 1 unspecified atom stereocenters. The maximum atomic E-state index is 12.0. The predicted molar refractivity (Wildman–Crippen MR) is 78.0 cm³/mol. The summed E-state index contributed by atoms with van der Waals surface area (Å²) in [6.45, 7) is 5.02. The van der Waals surface area contributed by atoms with Crippen molar-refractivity contribution in [1.29, 1.82) is 0 Å². The largest absolute Gasteiger partial charge is 0.481 e. The molecule has 0 bridgehead atoms. The summed E-state index contributed by atoms with van der Waals surface area (Å²) in [5, 5.41) is 9.27. The van der Waals surface area contributed by atoms with Crippen LogP contribution in [0.3, 0.4) is 0 Å². The van der Waals surface area contributed by atoms with Gasteiger partial charge in [-0.2, -0.15) is 0 Å². The molecule has 20 heavy (non-hydrogen) atoms. The van der Waals surface area contributed by atoms with Crippen LogP contribution < -0.4 is 5.73 Å². The van der Waals surface area contributed by atoms with Gasteiger partial charge in [-0.1, -0.05) is 34.1 Å². The molecular formula is C14H18BrNO4. The standard InChI is InChI=1S/C14H18BrNO4/c1-14(2,3)20-13(19)10(12(17)18)11(16)8-6-4-5-7-9(8)15/h4-7,10-11H,16H2,1-3H3,(H,17,18)/t10-,11?/m0/s1. The molecule has 0 heterocycles. The Bertz CT molecular complexity index is 510. The lowest BCUT2D eigenvalue weighted by Gasteiger charge is -2.25. The summed E-state index contributed by atoms with van der Waals surface area (Å²) in [5.74, 6) is -3.59. The third-order valence-corrected chi connectivity index (χ3v) is 3.27. The van der Waals surface area contributed by atoms with Crippen molar-refractivity contribution in [2.75, 3.05) is 0 Å². The molecule has 0 fully saturated rings. The smallest absolute Gasteiger partial charge is 0.322 e. The Morgan fingerprint density at radius 1 is 1.30 bits per heavy atom. The maximum Gasteiger partial charge on any atom is 0.322 e. The van der Waals surface area contributed by atoms with E-state index in [1.54, 1.807) is 45.0 Å². The molecule has 0 saturated carbocycles. The van der Waals surface area contributed by atoms with Crippen molar-refractivity contribution in [1.82, 2.24) is 0 Å². The Morgan fingerprint density at radius 2 is 1.85 bits per heavy atom. The monoisotopic (exact) mass is 343 g/mol. The first-order valence-electron chi connectivity index (χ1n) is 6.09. The maximum absolute atomic E-state index is 12.0. The first-order valence-corrected chi connectivity index (χ1v) is 6.88. The van der Waals surface area contributed by atoms with Gasteiger partial charge in [-0.25, -0.2) is 0 Å². The van der Waals surface area contributed by atoms with Crippen LogP contribution in [0.15, 0.2) is 28.7 Å². The molecule has 0 aliphatic rings. The highest BCUT2D eigenvalue weighted by molar-refractivity contribution is 9.10. The number of carboxylic acids is 1. The summed E-state index contributed by atoms with van der Waals surface area (Å²) in [6, 6.07) is 5.94. The van der Waals surface area contributed by atoms with E-state index < -0.39 is 29.5 Å². The molecule has 1 rings (SSSR count). The Labute approximate surface area is 126 Å². The van der Waals surface area contributed by atoms with Crippen molar-refractivity contribution in [3.8, 4) is 0 Å². The molecule has 2 atom stereocenters. The van der Waals surface area contributed by atoms with Crippen LogP contribution in [0.4, 0.5) is 0 Å². The second-order valence-corrected chi connectivity index (χ2v) is 6.25. The zero-order valence-corrected chi connectivity index (χ0v) is 13.2. The van der Waals surface area contributed by atoms with Crippen molar-refractivity contribution >= 4 is 27.9 Å². The number of rotatable bonds is 4. The normalized spacial score (nSPS) is 14.4. The highest BCUT2D eigenvalue weighted by atomic mass is 79.9. The van der Waals surface area contributed by atoms with Crippen LogP contribution in [0.25, 0.3) is 0 Å². The number of halogens is 1. The lowest BCUT2D eigenvalue weighted by molar-refractivity contribution is -0.167. The van der Waals surface area contributed by atoms with E-state index in [-0.39, 0.29) is 0 Å². The van der Waals surface area contributed by atoms with Crippen LogP contribution in [0.1, 0.15) is 32.4 Å². The molecule has 110 valence electrons. The zero-order chi connectivity index (χ0) is 15.5. The van der Waals surface area contributed by atoms with E-state index in [4.69, 9.17) is 10.5 Å². The Morgan fingerprint density at radius 3 is 2.30 bits per heavy atom.